The van der Waals surface area contributed by atoms with Gasteiger partial charge in [-0.15, -0.1) is 0 Å². The molecule has 112 valence electrons. The van der Waals surface area contributed by atoms with Gasteiger partial charge in [0.05, 0.1) is 7.11 Å². The normalized spacial score (nSPS) is 12.0. The first-order valence-corrected chi connectivity index (χ1v) is 7.31. The molecule has 0 fully saturated rings. The maximum atomic E-state index is 5.96. The van der Waals surface area contributed by atoms with Crippen molar-refractivity contribution in [2.45, 2.75) is 32.4 Å². The van der Waals surface area contributed by atoms with Crippen molar-refractivity contribution in [3.05, 3.63) is 59.7 Å². The summed E-state index contributed by atoms with van der Waals surface area (Å²) in [5.74, 6) is 1.71. The number of ether oxygens (including phenoxy) is 2. The molecule has 1 unspecified atom stereocenters. The predicted molar refractivity (Wildman–Crippen MR) is 85.7 cm³/mol. The van der Waals surface area contributed by atoms with Gasteiger partial charge in [-0.25, -0.2) is 0 Å². The molecule has 3 heteroatoms. The number of methoxy groups -OCH3 is 1. The predicted octanol–water partition coefficient (Wildman–Crippen LogP) is 3.55. The molecule has 1 atom stereocenters. The minimum Gasteiger partial charge on any atom is -0.497 e. The Bertz CT molecular complexity index is 551. The van der Waals surface area contributed by atoms with Crippen LogP contribution in [0.4, 0.5) is 0 Å². The van der Waals surface area contributed by atoms with Crippen molar-refractivity contribution in [3.63, 3.8) is 0 Å². The highest BCUT2D eigenvalue weighted by molar-refractivity contribution is 5.30. The molecule has 2 aromatic carbocycles. The van der Waals surface area contributed by atoms with Crippen molar-refractivity contribution in [1.82, 2.24) is 0 Å². The Morgan fingerprint density at radius 1 is 1.00 bits per heavy atom. The molecule has 0 spiro atoms. The summed E-state index contributed by atoms with van der Waals surface area (Å²) in [6.45, 7) is 2.64. The standard InChI is InChI=1S/C18H23NO2/c1-3-16(19)11-14-7-9-17(10-8-14)21-13-15-5-4-6-18(12-15)20-2/h4-10,12,16H,3,11,13,19H2,1-2H3. The van der Waals surface area contributed by atoms with Crippen LogP contribution in [0.15, 0.2) is 48.5 Å². The Labute approximate surface area is 126 Å². The van der Waals surface area contributed by atoms with Gasteiger partial charge in [0.15, 0.2) is 0 Å². The highest BCUT2D eigenvalue weighted by Gasteiger charge is 2.02. The van der Waals surface area contributed by atoms with Crippen molar-refractivity contribution >= 4 is 0 Å². The van der Waals surface area contributed by atoms with Gasteiger partial charge < -0.3 is 15.2 Å². The molecule has 0 amide bonds. The molecule has 0 saturated heterocycles. The second kappa shape index (κ2) is 7.70. The van der Waals surface area contributed by atoms with Crippen LogP contribution in [0.3, 0.4) is 0 Å². The molecule has 0 aliphatic heterocycles. The zero-order valence-electron chi connectivity index (χ0n) is 12.7. The van der Waals surface area contributed by atoms with Gasteiger partial charge in [0, 0.05) is 6.04 Å². The SMILES string of the molecule is CCC(N)Cc1ccc(OCc2cccc(OC)c2)cc1. The average molecular weight is 285 g/mol. The highest BCUT2D eigenvalue weighted by atomic mass is 16.5. The fourth-order valence-electron chi connectivity index (χ4n) is 2.10. The van der Waals surface area contributed by atoms with Crippen LogP contribution < -0.4 is 15.2 Å². The Kier molecular flexibility index (Phi) is 5.64. The van der Waals surface area contributed by atoms with Crippen LogP contribution in [-0.4, -0.2) is 13.2 Å². The molecule has 0 bridgehead atoms. The second-order valence-electron chi connectivity index (χ2n) is 5.16. The van der Waals surface area contributed by atoms with Crippen molar-refractivity contribution in [2.75, 3.05) is 7.11 Å². The van der Waals surface area contributed by atoms with Gasteiger partial charge in [-0.05, 0) is 48.2 Å². The molecule has 0 aliphatic carbocycles. The quantitative estimate of drug-likeness (QED) is 0.846. The number of rotatable bonds is 7. The Morgan fingerprint density at radius 3 is 2.43 bits per heavy atom. The zero-order chi connectivity index (χ0) is 15.1. The summed E-state index contributed by atoms with van der Waals surface area (Å²) in [5.41, 5.74) is 8.30. The molecule has 2 N–H and O–H groups in total. The number of nitrogens with two attached hydrogens (primary N) is 1. The van der Waals surface area contributed by atoms with Crippen LogP contribution in [-0.2, 0) is 13.0 Å². The van der Waals surface area contributed by atoms with E-state index >= 15 is 0 Å². The molecular weight excluding hydrogens is 262 g/mol. The summed E-state index contributed by atoms with van der Waals surface area (Å²) in [5, 5.41) is 0. The van der Waals surface area contributed by atoms with E-state index in [1.807, 2.05) is 36.4 Å². The Morgan fingerprint density at radius 2 is 1.76 bits per heavy atom. The van der Waals surface area contributed by atoms with Gasteiger partial charge in [0.2, 0.25) is 0 Å². The van der Waals surface area contributed by atoms with E-state index in [2.05, 4.69) is 19.1 Å². The lowest BCUT2D eigenvalue weighted by atomic mass is 10.0. The molecule has 2 rings (SSSR count). The maximum absolute atomic E-state index is 5.96. The molecule has 0 saturated carbocycles. The summed E-state index contributed by atoms with van der Waals surface area (Å²) in [6, 6.07) is 16.3. The van der Waals surface area contributed by atoms with Gasteiger partial charge in [0.25, 0.3) is 0 Å². The monoisotopic (exact) mass is 285 g/mol. The lowest BCUT2D eigenvalue weighted by Gasteiger charge is -2.10. The molecule has 21 heavy (non-hydrogen) atoms. The van der Waals surface area contributed by atoms with E-state index in [0.29, 0.717) is 6.61 Å². The van der Waals surface area contributed by atoms with E-state index in [0.717, 1.165) is 29.9 Å². The number of hydrogen-bond acceptors (Lipinski definition) is 3. The van der Waals surface area contributed by atoms with Gasteiger partial charge in [-0.1, -0.05) is 31.2 Å². The number of hydrogen-bond donors (Lipinski definition) is 1. The first-order chi connectivity index (χ1) is 10.2. The van der Waals surface area contributed by atoms with Gasteiger partial charge in [-0.3, -0.25) is 0 Å². The molecule has 0 radical (unpaired) electrons. The first kappa shape index (κ1) is 15.4. The van der Waals surface area contributed by atoms with E-state index in [9.17, 15) is 0 Å². The van der Waals surface area contributed by atoms with Crippen LogP contribution in [0, 0.1) is 0 Å². The summed E-state index contributed by atoms with van der Waals surface area (Å²) in [7, 11) is 1.67. The third kappa shape index (κ3) is 4.80. The lowest BCUT2D eigenvalue weighted by Crippen LogP contribution is -2.21. The van der Waals surface area contributed by atoms with Crippen LogP contribution in [0.1, 0.15) is 24.5 Å². The largest absolute Gasteiger partial charge is 0.497 e. The van der Waals surface area contributed by atoms with E-state index in [4.69, 9.17) is 15.2 Å². The maximum Gasteiger partial charge on any atom is 0.119 e. The van der Waals surface area contributed by atoms with Crippen molar-refractivity contribution in [1.29, 1.82) is 0 Å². The smallest absolute Gasteiger partial charge is 0.119 e. The molecule has 0 aromatic heterocycles. The van der Waals surface area contributed by atoms with Crippen LogP contribution in [0.5, 0.6) is 11.5 Å². The summed E-state index contributed by atoms with van der Waals surface area (Å²) < 4.78 is 11.0. The topological polar surface area (TPSA) is 44.5 Å². The molecule has 0 heterocycles. The van der Waals surface area contributed by atoms with Gasteiger partial charge in [0.1, 0.15) is 18.1 Å². The molecule has 2 aromatic rings. The molecule has 0 aliphatic rings. The van der Waals surface area contributed by atoms with Gasteiger partial charge in [-0.2, -0.15) is 0 Å². The van der Waals surface area contributed by atoms with Crippen LogP contribution >= 0.6 is 0 Å². The second-order valence-corrected chi connectivity index (χ2v) is 5.16. The van der Waals surface area contributed by atoms with E-state index in [1.54, 1.807) is 7.11 Å². The Balaban J connectivity index is 1.91. The third-order valence-corrected chi connectivity index (χ3v) is 3.49. The van der Waals surface area contributed by atoms with Crippen molar-refractivity contribution in [3.8, 4) is 11.5 Å². The van der Waals surface area contributed by atoms with E-state index in [1.165, 1.54) is 5.56 Å². The van der Waals surface area contributed by atoms with Crippen LogP contribution in [0.2, 0.25) is 0 Å². The van der Waals surface area contributed by atoms with Gasteiger partial charge >= 0.3 is 0 Å². The Hall–Kier alpha value is -2.00. The van der Waals surface area contributed by atoms with E-state index < -0.39 is 0 Å². The van der Waals surface area contributed by atoms with Crippen molar-refractivity contribution < 1.29 is 9.47 Å². The minimum atomic E-state index is 0.230. The fraction of sp³-hybridized carbons (Fsp3) is 0.333. The first-order valence-electron chi connectivity index (χ1n) is 7.31. The summed E-state index contributed by atoms with van der Waals surface area (Å²) >= 11 is 0. The third-order valence-electron chi connectivity index (χ3n) is 3.49. The fourth-order valence-corrected chi connectivity index (χ4v) is 2.10. The average Bonchev–Trinajstić information content (AvgIpc) is 2.54. The minimum absolute atomic E-state index is 0.230. The molecular formula is C18H23NO2. The van der Waals surface area contributed by atoms with E-state index in [-0.39, 0.29) is 6.04 Å². The van der Waals surface area contributed by atoms with Crippen LogP contribution in [0.25, 0.3) is 0 Å². The highest BCUT2D eigenvalue weighted by Crippen LogP contribution is 2.17. The number of benzene rings is 2. The lowest BCUT2D eigenvalue weighted by molar-refractivity contribution is 0.305. The zero-order valence-corrected chi connectivity index (χ0v) is 12.7. The van der Waals surface area contributed by atoms with Crippen molar-refractivity contribution in [2.24, 2.45) is 5.73 Å². The summed E-state index contributed by atoms with van der Waals surface area (Å²) in [6.07, 6.45) is 1.90. The molecule has 3 nitrogen and oxygen atoms in total. The summed E-state index contributed by atoms with van der Waals surface area (Å²) in [4.78, 5) is 0.